The van der Waals surface area contributed by atoms with Crippen LogP contribution in [0.3, 0.4) is 0 Å². The standard InChI is InChI=1S/C14H14N2O2S/c1-10-12(7-11-5-3-2-4-6-11)8-13(16-15-10)19-9-14(17)18/h2-6,8H,7,9H2,1H3,(H,17,18). The number of hydrogen-bond donors (Lipinski definition) is 1. The van der Waals surface area contributed by atoms with Crippen molar-refractivity contribution >= 4 is 17.7 Å². The van der Waals surface area contributed by atoms with Crippen molar-refractivity contribution in [3.05, 3.63) is 53.2 Å². The first-order valence-electron chi connectivity index (χ1n) is 5.87. The number of aliphatic carboxylic acids is 1. The molecule has 1 aromatic carbocycles. The predicted molar refractivity (Wildman–Crippen MR) is 74.4 cm³/mol. The van der Waals surface area contributed by atoms with Crippen LogP contribution in [0.25, 0.3) is 0 Å². The van der Waals surface area contributed by atoms with Gasteiger partial charge in [0.2, 0.25) is 0 Å². The summed E-state index contributed by atoms with van der Waals surface area (Å²) in [5, 5.41) is 17.4. The molecule has 0 radical (unpaired) electrons. The lowest BCUT2D eigenvalue weighted by Crippen LogP contribution is -2.01. The first kappa shape index (κ1) is 13.5. The Morgan fingerprint density at radius 1 is 1.26 bits per heavy atom. The molecule has 0 bridgehead atoms. The molecule has 1 aromatic heterocycles. The normalized spacial score (nSPS) is 10.4. The van der Waals surface area contributed by atoms with Crippen molar-refractivity contribution in [2.75, 3.05) is 5.75 Å². The molecule has 98 valence electrons. The number of carbonyl (C=O) groups is 1. The molecule has 0 atom stereocenters. The Hall–Kier alpha value is -1.88. The van der Waals surface area contributed by atoms with Crippen molar-refractivity contribution in [2.24, 2.45) is 0 Å². The third-order valence-electron chi connectivity index (χ3n) is 2.64. The maximum Gasteiger partial charge on any atom is 0.313 e. The van der Waals surface area contributed by atoms with Crippen LogP contribution in [0.4, 0.5) is 0 Å². The lowest BCUT2D eigenvalue weighted by Gasteiger charge is -2.06. The van der Waals surface area contributed by atoms with Crippen LogP contribution in [0.15, 0.2) is 41.4 Å². The Morgan fingerprint density at radius 2 is 2.00 bits per heavy atom. The smallest absolute Gasteiger partial charge is 0.313 e. The monoisotopic (exact) mass is 274 g/mol. The highest BCUT2D eigenvalue weighted by Crippen LogP contribution is 2.19. The van der Waals surface area contributed by atoms with E-state index >= 15 is 0 Å². The van der Waals surface area contributed by atoms with Gasteiger partial charge in [0.25, 0.3) is 0 Å². The van der Waals surface area contributed by atoms with Gasteiger partial charge in [-0.25, -0.2) is 0 Å². The molecule has 1 heterocycles. The molecule has 2 aromatic rings. The van der Waals surface area contributed by atoms with E-state index in [2.05, 4.69) is 22.3 Å². The SMILES string of the molecule is Cc1nnc(SCC(=O)O)cc1Cc1ccccc1. The van der Waals surface area contributed by atoms with Crippen molar-refractivity contribution in [3.8, 4) is 0 Å². The average molecular weight is 274 g/mol. The fraction of sp³-hybridized carbons (Fsp3) is 0.214. The Kier molecular flexibility index (Phi) is 4.52. The summed E-state index contributed by atoms with van der Waals surface area (Å²) in [5.41, 5.74) is 3.16. The van der Waals surface area contributed by atoms with E-state index in [1.165, 1.54) is 17.3 Å². The number of aryl methyl sites for hydroxylation is 1. The van der Waals surface area contributed by atoms with E-state index in [4.69, 9.17) is 5.11 Å². The van der Waals surface area contributed by atoms with Crippen molar-refractivity contribution in [1.82, 2.24) is 10.2 Å². The summed E-state index contributed by atoms with van der Waals surface area (Å²) in [4.78, 5) is 10.5. The van der Waals surface area contributed by atoms with Gasteiger partial charge < -0.3 is 5.11 Å². The Balaban J connectivity index is 2.15. The van der Waals surface area contributed by atoms with Gasteiger partial charge in [0.1, 0.15) is 5.03 Å². The summed E-state index contributed by atoms with van der Waals surface area (Å²) < 4.78 is 0. The van der Waals surface area contributed by atoms with Crippen molar-refractivity contribution in [1.29, 1.82) is 0 Å². The number of hydrogen-bond acceptors (Lipinski definition) is 4. The van der Waals surface area contributed by atoms with E-state index in [1.54, 1.807) is 0 Å². The highest BCUT2D eigenvalue weighted by Gasteiger charge is 2.07. The molecular weight excluding hydrogens is 260 g/mol. The zero-order valence-corrected chi connectivity index (χ0v) is 11.4. The van der Waals surface area contributed by atoms with Crippen molar-refractivity contribution in [3.63, 3.8) is 0 Å². The average Bonchev–Trinajstić information content (AvgIpc) is 2.41. The fourth-order valence-corrected chi connectivity index (χ4v) is 2.27. The molecule has 5 heteroatoms. The van der Waals surface area contributed by atoms with Crippen LogP contribution >= 0.6 is 11.8 Å². The van der Waals surface area contributed by atoms with Gasteiger partial charge in [-0.3, -0.25) is 4.79 Å². The van der Waals surface area contributed by atoms with Gasteiger partial charge in [0.05, 0.1) is 11.4 Å². The molecule has 0 saturated heterocycles. The maximum atomic E-state index is 10.5. The van der Waals surface area contributed by atoms with Crippen LogP contribution in [0, 0.1) is 6.92 Å². The number of benzene rings is 1. The number of rotatable bonds is 5. The topological polar surface area (TPSA) is 63.1 Å². The third kappa shape index (κ3) is 4.06. The largest absolute Gasteiger partial charge is 0.481 e. The van der Waals surface area contributed by atoms with Crippen molar-refractivity contribution < 1.29 is 9.90 Å². The molecule has 0 spiro atoms. The molecular formula is C14H14N2O2S. The van der Waals surface area contributed by atoms with Gasteiger partial charge in [0.15, 0.2) is 0 Å². The summed E-state index contributed by atoms with van der Waals surface area (Å²) >= 11 is 1.19. The number of carboxylic acids is 1. The predicted octanol–water partition coefficient (Wildman–Crippen LogP) is 2.55. The summed E-state index contributed by atoms with van der Waals surface area (Å²) in [6, 6.07) is 12.0. The molecule has 0 aliphatic carbocycles. The summed E-state index contributed by atoms with van der Waals surface area (Å²) in [6.45, 7) is 1.91. The maximum absolute atomic E-state index is 10.5. The van der Waals surface area contributed by atoms with Gasteiger partial charge >= 0.3 is 5.97 Å². The summed E-state index contributed by atoms with van der Waals surface area (Å²) in [5.74, 6) is -0.848. The number of thioether (sulfide) groups is 1. The number of carboxylic acid groups (broad SMARTS) is 1. The summed E-state index contributed by atoms with van der Waals surface area (Å²) in [7, 11) is 0. The van der Waals surface area contributed by atoms with Crippen LogP contribution in [0.2, 0.25) is 0 Å². The van der Waals surface area contributed by atoms with E-state index in [-0.39, 0.29) is 5.75 Å². The van der Waals surface area contributed by atoms with Gasteiger partial charge in [0, 0.05) is 0 Å². The van der Waals surface area contributed by atoms with Crippen LogP contribution in [-0.4, -0.2) is 27.0 Å². The Bertz CT molecular complexity index is 573. The first-order chi connectivity index (χ1) is 9.15. The van der Waals surface area contributed by atoms with Crippen LogP contribution in [0.1, 0.15) is 16.8 Å². The third-order valence-corrected chi connectivity index (χ3v) is 3.53. The molecule has 0 unspecified atom stereocenters. The van der Waals surface area contributed by atoms with Crippen LogP contribution in [-0.2, 0) is 11.2 Å². The lowest BCUT2D eigenvalue weighted by atomic mass is 10.1. The zero-order valence-electron chi connectivity index (χ0n) is 10.5. The van der Waals surface area contributed by atoms with E-state index in [0.29, 0.717) is 5.03 Å². The molecule has 0 aliphatic rings. The first-order valence-corrected chi connectivity index (χ1v) is 6.85. The van der Waals surface area contributed by atoms with E-state index in [0.717, 1.165) is 17.7 Å². The van der Waals surface area contributed by atoms with Crippen LogP contribution < -0.4 is 0 Å². The van der Waals surface area contributed by atoms with Crippen LogP contribution in [0.5, 0.6) is 0 Å². The van der Waals surface area contributed by atoms with Gasteiger partial charge in [-0.1, -0.05) is 42.1 Å². The highest BCUT2D eigenvalue weighted by atomic mass is 32.2. The van der Waals surface area contributed by atoms with E-state index < -0.39 is 5.97 Å². The second-order valence-electron chi connectivity index (χ2n) is 4.14. The minimum atomic E-state index is -0.850. The van der Waals surface area contributed by atoms with Gasteiger partial charge in [-0.15, -0.1) is 5.10 Å². The number of nitrogens with zero attached hydrogens (tertiary/aromatic N) is 2. The second kappa shape index (κ2) is 6.33. The van der Waals surface area contributed by atoms with Gasteiger partial charge in [-0.2, -0.15) is 5.10 Å². The molecule has 0 fully saturated rings. The number of aromatic nitrogens is 2. The van der Waals surface area contributed by atoms with Gasteiger partial charge in [-0.05, 0) is 30.5 Å². The second-order valence-corrected chi connectivity index (χ2v) is 5.13. The molecule has 0 amide bonds. The fourth-order valence-electron chi connectivity index (χ4n) is 1.67. The minimum absolute atomic E-state index is 0.00250. The van der Waals surface area contributed by atoms with E-state index in [1.807, 2.05) is 31.2 Å². The van der Waals surface area contributed by atoms with E-state index in [9.17, 15) is 4.79 Å². The Labute approximate surface area is 115 Å². The molecule has 1 N–H and O–H groups in total. The highest BCUT2D eigenvalue weighted by molar-refractivity contribution is 7.99. The van der Waals surface area contributed by atoms with Crippen molar-refractivity contribution in [2.45, 2.75) is 18.4 Å². The molecule has 0 aliphatic heterocycles. The molecule has 19 heavy (non-hydrogen) atoms. The lowest BCUT2D eigenvalue weighted by molar-refractivity contribution is -0.133. The quantitative estimate of drug-likeness (QED) is 0.849. The summed E-state index contributed by atoms with van der Waals surface area (Å²) in [6.07, 6.45) is 0.781. The molecule has 0 saturated carbocycles. The molecule has 4 nitrogen and oxygen atoms in total. The zero-order chi connectivity index (χ0) is 13.7. The minimum Gasteiger partial charge on any atom is -0.481 e. The molecule has 2 rings (SSSR count). The Morgan fingerprint density at radius 3 is 2.68 bits per heavy atom.